The van der Waals surface area contributed by atoms with Crippen molar-refractivity contribution < 1.29 is 18.7 Å². The lowest BCUT2D eigenvalue weighted by molar-refractivity contribution is -0.144. The van der Waals surface area contributed by atoms with Crippen molar-refractivity contribution in [3.63, 3.8) is 0 Å². The standard InChI is InChI=1S/C16H20FNO3/c1-21-16(20)14(11-7-3-2-4-8-11)18-15(19)12-9-5-6-10-13(12)17/h5-6,9-11,14H,2-4,7-8H2,1H3,(H,18,19)/t14-/m1/s1. The average Bonchev–Trinajstić information content (AvgIpc) is 2.53. The van der Waals surface area contributed by atoms with E-state index in [1.807, 2.05) is 0 Å². The second-order valence-electron chi connectivity index (χ2n) is 5.35. The molecular formula is C16H20FNO3. The largest absolute Gasteiger partial charge is 0.467 e. The van der Waals surface area contributed by atoms with Gasteiger partial charge in [0.1, 0.15) is 11.9 Å². The van der Waals surface area contributed by atoms with Crippen molar-refractivity contribution in [1.29, 1.82) is 0 Å². The van der Waals surface area contributed by atoms with Crippen molar-refractivity contribution in [2.45, 2.75) is 38.1 Å². The van der Waals surface area contributed by atoms with E-state index in [-0.39, 0.29) is 11.5 Å². The third-order valence-electron chi connectivity index (χ3n) is 3.98. The minimum atomic E-state index is -0.706. The minimum Gasteiger partial charge on any atom is -0.467 e. The molecule has 0 spiro atoms. The lowest BCUT2D eigenvalue weighted by Gasteiger charge is -2.29. The van der Waals surface area contributed by atoms with Gasteiger partial charge in [-0.1, -0.05) is 31.4 Å². The number of carbonyl (C=O) groups excluding carboxylic acids is 2. The third kappa shape index (κ3) is 3.80. The molecule has 1 aromatic rings. The number of carbonyl (C=O) groups is 2. The van der Waals surface area contributed by atoms with Crippen LogP contribution in [0.3, 0.4) is 0 Å². The van der Waals surface area contributed by atoms with Gasteiger partial charge in [0.25, 0.3) is 5.91 Å². The second-order valence-corrected chi connectivity index (χ2v) is 5.35. The maximum absolute atomic E-state index is 13.6. The molecule has 4 nitrogen and oxygen atoms in total. The van der Waals surface area contributed by atoms with Crippen LogP contribution in [0.15, 0.2) is 24.3 Å². The molecule has 1 fully saturated rings. The molecule has 0 aliphatic heterocycles. The summed E-state index contributed by atoms with van der Waals surface area (Å²) < 4.78 is 18.4. The van der Waals surface area contributed by atoms with Crippen LogP contribution < -0.4 is 5.32 Å². The lowest BCUT2D eigenvalue weighted by Crippen LogP contribution is -2.47. The molecule has 21 heavy (non-hydrogen) atoms. The SMILES string of the molecule is COC(=O)[C@H](NC(=O)c1ccccc1F)C1CCCCC1. The summed E-state index contributed by atoms with van der Waals surface area (Å²) in [4.78, 5) is 24.1. The topological polar surface area (TPSA) is 55.4 Å². The van der Waals surface area contributed by atoms with Gasteiger partial charge in [-0.05, 0) is 30.9 Å². The van der Waals surface area contributed by atoms with Crippen molar-refractivity contribution in [1.82, 2.24) is 5.32 Å². The summed E-state index contributed by atoms with van der Waals surface area (Å²) in [5, 5.41) is 2.64. The first-order valence-corrected chi connectivity index (χ1v) is 7.26. The molecule has 0 radical (unpaired) electrons. The van der Waals surface area contributed by atoms with Gasteiger partial charge in [-0.3, -0.25) is 4.79 Å². The molecule has 5 heteroatoms. The van der Waals surface area contributed by atoms with Gasteiger partial charge >= 0.3 is 5.97 Å². The van der Waals surface area contributed by atoms with Gasteiger partial charge in [0.2, 0.25) is 0 Å². The summed E-state index contributed by atoms with van der Waals surface area (Å²) in [6.07, 6.45) is 4.96. The first-order chi connectivity index (χ1) is 10.1. The highest BCUT2D eigenvalue weighted by Crippen LogP contribution is 2.27. The molecular weight excluding hydrogens is 273 g/mol. The van der Waals surface area contributed by atoms with Crippen molar-refractivity contribution in [3.05, 3.63) is 35.6 Å². The average molecular weight is 293 g/mol. The Bertz CT molecular complexity index is 512. The van der Waals surface area contributed by atoms with Gasteiger partial charge < -0.3 is 10.1 Å². The maximum Gasteiger partial charge on any atom is 0.328 e. The van der Waals surface area contributed by atoms with E-state index in [2.05, 4.69) is 5.32 Å². The van der Waals surface area contributed by atoms with Crippen LogP contribution in [0.4, 0.5) is 4.39 Å². The number of methoxy groups -OCH3 is 1. The first-order valence-electron chi connectivity index (χ1n) is 7.26. The molecule has 1 N–H and O–H groups in total. The molecule has 0 bridgehead atoms. The smallest absolute Gasteiger partial charge is 0.328 e. The van der Waals surface area contributed by atoms with Crippen LogP contribution in [0.5, 0.6) is 0 Å². The van der Waals surface area contributed by atoms with E-state index in [1.165, 1.54) is 25.3 Å². The summed E-state index contributed by atoms with van der Waals surface area (Å²) in [6.45, 7) is 0. The fourth-order valence-electron chi connectivity index (χ4n) is 2.83. The monoisotopic (exact) mass is 293 g/mol. The van der Waals surface area contributed by atoms with Gasteiger partial charge in [-0.25, -0.2) is 9.18 Å². The quantitative estimate of drug-likeness (QED) is 0.868. The molecule has 1 saturated carbocycles. The van der Waals surface area contributed by atoms with Crippen molar-refractivity contribution in [3.8, 4) is 0 Å². The summed E-state index contributed by atoms with van der Waals surface area (Å²) in [5.41, 5.74) is -0.0535. The molecule has 1 atom stereocenters. The van der Waals surface area contributed by atoms with Gasteiger partial charge in [0.05, 0.1) is 12.7 Å². The van der Waals surface area contributed by atoms with Crippen LogP contribution in [0.25, 0.3) is 0 Å². The van der Waals surface area contributed by atoms with E-state index >= 15 is 0 Å². The van der Waals surface area contributed by atoms with Crippen LogP contribution in [-0.2, 0) is 9.53 Å². The zero-order valence-electron chi connectivity index (χ0n) is 12.1. The van der Waals surface area contributed by atoms with Gasteiger partial charge in [0.15, 0.2) is 0 Å². The Hall–Kier alpha value is -1.91. The van der Waals surface area contributed by atoms with E-state index in [4.69, 9.17) is 4.74 Å². The third-order valence-corrected chi connectivity index (χ3v) is 3.98. The summed E-state index contributed by atoms with van der Waals surface area (Å²) in [5.74, 6) is -1.58. The number of amides is 1. The van der Waals surface area contributed by atoms with Crippen LogP contribution in [-0.4, -0.2) is 25.0 Å². The predicted octanol–water partition coefficient (Wildman–Crippen LogP) is 2.68. The number of ether oxygens (including phenoxy) is 1. The first kappa shape index (κ1) is 15.5. The number of rotatable bonds is 4. The maximum atomic E-state index is 13.6. The van der Waals surface area contributed by atoms with Crippen molar-refractivity contribution in [2.24, 2.45) is 5.92 Å². The normalized spacial score (nSPS) is 17.0. The minimum absolute atomic E-state index is 0.0535. The Morgan fingerprint density at radius 1 is 1.24 bits per heavy atom. The highest BCUT2D eigenvalue weighted by molar-refractivity contribution is 5.97. The van der Waals surface area contributed by atoms with E-state index in [9.17, 15) is 14.0 Å². The predicted molar refractivity (Wildman–Crippen MR) is 76.2 cm³/mol. The van der Waals surface area contributed by atoms with E-state index in [0.717, 1.165) is 32.1 Å². The van der Waals surface area contributed by atoms with Crippen LogP contribution >= 0.6 is 0 Å². The fourth-order valence-corrected chi connectivity index (χ4v) is 2.83. The molecule has 0 heterocycles. The van der Waals surface area contributed by atoms with Crippen LogP contribution in [0.1, 0.15) is 42.5 Å². The fraction of sp³-hybridized carbons (Fsp3) is 0.500. The van der Waals surface area contributed by atoms with Crippen LogP contribution in [0, 0.1) is 11.7 Å². The molecule has 1 aliphatic carbocycles. The molecule has 0 unspecified atom stereocenters. The van der Waals surface area contributed by atoms with Crippen molar-refractivity contribution >= 4 is 11.9 Å². The van der Waals surface area contributed by atoms with Gasteiger partial charge in [-0.2, -0.15) is 0 Å². The van der Waals surface area contributed by atoms with E-state index < -0.39 is 23.7 Å². The molecule has 0 saturated heterocycles. The second kappa shape index (κ2) is 7.20. The molecule has 114 valence electrons. The molecule has 2 rings (SSSR count). The lowest BCUT2D eigenvalue weighted by atomic mass is 9.83. The molecule has 1 amide bonds. The molecule has 1 aliphatic rings. The number of benzene rings is 1. The number of hydrogen-bond donors (Lipinski definition) is 1. The van der Waals surface area contributed by atoms with Crippen molar-refractivity contribution in [2.75, 3.05) is 7.11 Å². The Morgan fingerprint density at radius 2 is 1.90 bits per heavy atom. The zero-order chi connectivity index (χ0) is 15.2. The molecule has 1 aromatic carbocycles. The molecule has 0 aromatic heterocycles. The number of halogens is 1. The summed E-state index contributed by atoms with van der Waals surface area (Å²) in [6, 6.07) is 5.03. The number of esters is 1. The summed E-state index contributed by atoms with van der Waals surface area (Å²) >= 11 is 0. The Kier molecular flexibility index (Phi) is 5.31. The van der Waals surface area contributed by atoms with Gasteiger partial charge in [-0.15, -0.1) is 0 Å². The Balaban J connectivity index is 2.13. The number of nitrogens with one attached hydrogen (secondary N) is 1. The number of hydrogen-bond acceptors (Lipinski definition) is 3. The highest BCUT2D eigenvalue weighted by Gasteiger charge is 2.32. The van der Waals surface area contributed by atoms with Gasteiger partial charge in [0, 0.05) is 0 Å². The Labute approximate surface area is 123 Å². The van der Waals surface area contributed by atoms with E-state index in [0.29, 0.717) is 0 Å². The zero-order valence-corrected chi connectivity index (χ0v) is 12.1. The highest BCUT2D eigenvalue weighted by atomic mass is 19.1. The summed E-state index contributed by atoms with van der Waals surface area (Å²) in [7, 11) is 1.30. The van der Waals surface area contributed by atoms with Crippen LogP contribution in [0.2, 0.25) is 0 Å². The Morgan fingerprint density at radius 3 is 2.52 bits per heavy atom. The van der Waals surface area contributed by atoms with E-state index in [1.54, 1.807) is 6.07 Å².